The van der Waals surface area contributed by atoms with Crippen LogP contribution in [0, 0.1) is 0 Å². The monoisotopic (exact) mass is 228 g/mol. The number of aromatic nitrogens is 1. The van der Waals surface area contributed by atoms with Crippen molar-refractivity contribution in [2.45, 2.75) is 24.6 Å². The molecule has 1 N–H and O–H groups in total. The van der Waals surface area contributed by atoms with Crippen LogP contribution in [0.25, 0.3) is 0 Å². The zero-order valence-corrected chi connectivity index (χ0v) is 9.61. The first kappa shape index (κ1) is 10.1. The number of nitrogens with one attached hydrogen (secondary N) is 1. The molecule has 1 aliphatic heterocycles. The first-order chi connectivity index (χ1) is 6.75. The van der Waals surface area contributed by atoms with E-state index in [1.807, 2.05) is 17.8 Å². The maximum Gasteiger partial charge on any atom is 0.0820 e. The molecule has 2 heterocycles. The van der Waals surface area contributed by atoms with Gasteiger partial charge in [0, 0.05) is 29.4 Å². The van der Waals surface area contributed by atoms with Gasteiger partial charge < -0.3 is 5.32 Å². The van der Waals surface area contributed by atoms with E-state index in [0.717, 1.165) is 10.9 Å². The summed E-state index contributed by atoms with van der Waals surface area (Å²) in [6, 6.07) is 2.48. The molecule has 2 unspecified atom stereocenters. The van der Waals surface area contributed by atoms with E-state index in [1.54, 1.807) is 12.4 Å². The number of hydrogen-bond donors (Lipinski definition) is 1. The Kier molecular flexibility index (Phi) is 3.19. The molecular weight excluding hydrogens is 216 g/mol. The van der Waals surface area contributed by atoms with Gasteiger partial charge in [-0.05, 0) is 12.5 Å². The highest BCUT2D eigenvalue weighted by molar-refractivity contribution is 8.00. The van der Waals surface area contributed by atoms with Crippen LogP contribution in [0.5, 0.6) is 0 Å². The second-order valence-electron chi connectivity index (χ2n) is 3.58. The minimum atomic E-state index is 0.551. The van der Waals surface area contributed by atoms with Crippen LogP contribution >= 0.6 is 23.4 Å². The fourth-order valence-corrected chi connectivity index (χ4v) is 2.95. The van der Waals surface area contributed by atoms with Crippen molar-refractivity contribution in [1.82, 2.24) is 4.98 Å². The van der Waals surface area contributed by atoms with Crippen LogP contribution in [0.3, 0.4) is 0 Å². The van der Waals surface area contributed by atoms with Crippen molar-refractivity contribution in [3.05, 3.63) is 23.5 Å². The third-order valence-electron chi connectivity index (χ3n) is 2.33. The van der Waals surface area contributed by atoms with Gasteiger partial charge >= 0.3 is 0 Å². The standard InChI is InChI=1S/C10H13ClN2S/c1-7-4-8(6-14-7)13-10-2-3-12-5-9(10)11/h2-3,5,7-8H,4,6H2,1H3,(H,12,13). The molecule has 0 aliphatic carbocycles. The highest BCUT2D eigenvalue weighted by Gasteiger charge is 2.21. The van der Waals surface area contributed by atoms with Gasteiger partial charge in [-0.15, -0.1) is 0 Å². The smallest absolute Gasteiger partial charge is 0.0820 e. The molecule has 2 rings (SSSR count). The van der Waals surface area contributed by atoms with Crippen molar-refractivity contribution in [3.8, 4) is 0 Å². The Bertz CT molecular complexity index is 319. The Hall–Kier alpha value is -0.410. The van der Waals surface area contributed by atoms with Gasteiger partial charge in [0.25, 0.3) is 0 Å². The summed E-state index contributed by atoms with van der Waals surface area (Å²) < 4.78 is 0. The van der Waals surface area contributed by atoms with Crippen LogP contribution in [0.1, 0.15) is 13.3 Å². The maximum absolute atomic E-state index is 6.01. The normalized spacial score (nSPS) is 26.4. The van der Waals surface area contributed by atoms with Crippen LogP contribution < -0.4 is 5.32 Å². The minimum absolute atomic E-state index is 0.551. The summed E-state index contributed by atoms with van der Waals surface area (Å²) in [4.78, 5) is 3.96. The van der Waals surface area contributed by atoms with E-state index in [0.29, 0.717) is 11.1 Å². The molecular formula is C10H13ClN2S. The Morgan fingerprint density at radius 2 is 2.50 bits per heavy atom. The number of rotatable bonds is 2. The number of anilines is 1. The summed E-state index contributed by atoms with van der Waals surface area (Å²) in [6.07, 6.45) is 4.65. The lowest BCUT2D eigenvalue weighted by Gasteiger charge is -2.13. The summed E-state index contributed by atoms with van der Waals surface area (Å²) in [5.41, 5.74) is 1.00. The molecule has 1 aromatic heterocycles. The van der Waals surface area contributed by atoms with E-state index < -0.39 is 0 Å². The summed E-state index contributed by atoms with van der Waals surface area (Å²) in [5.74, 6) is 1.17. The van der Waals surface area contributed by atoms with Gasteiger partial charge in [-0.1, -0.05) is 18.5 Å². The van der Waals surface area contributed by atoms with Gasteiger partial charge in [0.15, 0.2) is 0 Å². The molecule has 0 radical (unpaired) electrons. The highest BCUT2D eigenvalue weighted by Crippen LogP contribution is 2.29. The summed E-state index contributed by atoms with van der Waals surface area (Å²) in [5, 5.41) is 4.91. The molecule has 1 saturated heterocycles. The molecule has 4 heteroatoms. The lowest BCUT2D eigenvalue weighted by molar-refractivity contribution is 0.747. The van der Waals surface area contributed by atoms with Crippen LogP contribution in [0.4, 0.5) is 5.69 Å². The van der Waals surface area contributed by atoms with Gasteiger partial charge in [0.1, 0.15) is 0 Å². The summed E-state index contributed by atoms with van der Waals surface area (Å²) in [7, 11) is 0. The molecule has 76 valence electrons. The van der Waals surface area contributed by atoms with Crippen LogP contribution in [-0.4, -0.2) is 22.0 Å². The van der Waals surface area contributed by atoms with Crippen LogP contribution in [0.15, 0.2) is 18.5 Å². The molecule has 0 saturated carbocycles. The maximum atomic E-state index is 6.01. The molecule has 0 aromatic carbocycles. The van der Waals surface area contributed by atoms with Crippen molar-refractivity contribution < 1.29 is 0 Å². The Labute approximate surface area is 93.4 Å². The van der Waals surface area contributed by atoms with Crippen molar-refractivity contribution in [3.63, 3.8) is 0 Å². The number of nitrogens with zero attached hydrogens (tertiary/aromatic N) is 1. The Balaban J connectivity index is 2.01. The van der Waals surface area contributed by atoms with Gasteiger partial charge in [0.05, 0.1) is 10.7 Å². The Morgan fingerprint density at radius 3 is 3.14 bits per heavy atom. The van der Waals surface area contributed by atoms with E-state index in [1.165, 1.54) is 12.2 Å². The predicted molar refractivity (Wildman–Crippen MR) is 63.2 cm³/mol. The average Bonchev–Trinajstić information content (AvgIpc) is 2.56. The first-order valence-corrected chi connectivity index (χ1v) is 6.16. The van der Waals surface area contributed by atoms with E-state index in [4.69, 9.17) is 11.6 Å². The molecule has 0 spiro atoms. The van der Waals surface area contributed by atoms with Crippen molar-refractivity contribution in [2.24, 2.45) is 0 Å². The predicted octanol–water partition coefficient (Wildman–Crippen LogP) is 3.04. The van der Waals surface area contributed by atoms with Gasteiger partial charge in [-0.2, -0.15) is 11.8 Å². The second-order valence-corrected chi connectivity index (χ2v) is 5.46. The van der Waals surface area contributed by atoms with E-state index in [-0.39, 0.29) is 0 Å². The molecule has 2 nitrogen and oxygen atoms in total. The number of hydrogen-bond acceptors (Lipinski definition) is 3. The zero-order chi connectivity index (χ0) is 9.97. The molecule has 2 atom stereocenters. The fraction of sp³-hybridized carbons (Fsp3) is 0.500. The van der Waals surface area contributed by atoms with Crippen molar-refractivity contribution in [1.29, 1.82) is 0 Å². The zero-order valence-electron chi connectivity index (χ0n) is 8.03. The number of thioether (sulfide) groups is 1. The third-order valence-corrected chi connectivity index (χ3v) is 3.99. The van der Waals surface area contributed by atoms with Crippen LogP contribution in [-0.2, 0) is 0 Å². The topological polar surface area (TPSA) is 24.9 Å². The van der Waals surface area contributed by atoms with E-state index in [2.05, 4.69) is 17.2 Å². The second kappa shape index (κ2) is 4.41. The molecule has 14 heavy (non-hydrogen) atoms. The lowest BCUT2D eigenvalue weighted by Crippen LogP contribution is -2.19. The first-order valence-electron chi connectivity index (χ1n) is 4.73. The molecule has 1 aromatic rings. The largest absolute Gasteiger partial charge is 0.380 e. The number of halogens is 1. The van der Waals surface area contributed by atoms with E-state index >= 15 is 0 Å². The van der Waals surface area contributed by atoms with Crippen LogP contribution in [0.2, 0.25) is 5.02 Å². The lowest BCUT2D eigenvalue weighted by atomic mass is 10.2. The Morgan fingerprint density at radius 1 is 1.64 bits per heavy atom. The van der Waals surface area contributed by atoms with E-state index in [9.17, 15) is 0 Å². The summed E-state index contributed by atoms with van der Waals surface area (Å²) in [6.45, 7) is 2.26. The minimum Gasteiger partial charge on any atom is -0.380 e. The van der Waals surface area contributed by atoms with Crippen molar-refractivity contribution >= 4 is 29.1 Å². The molecule has 0 bridgehead atoms. The van der Waals surface area contributed by atoms with Gasteiger partial charge in [-0.25, -0.2) is 0 Å². The third kappa shape index (κ3) is 2.34. The highest BCUT2D eigenvalue weighted by atomic mass is 35.5. The SMILES string of the molecule is CC1CC(Nc2ccncc2Cl)CS1. The van der Waals surface area contributed by atoms with Gasteiger partial charge in [-0.3, -0.25) is 4.98 Å². The van der Waals surface area contributed by atoms with Crippen molar-refractivity contribution in [2.75, 3.05) is 11.1 Å². The molecule has 0 amide bonds. The van der Waals surface area contributed by atoms with Gasteiger partial charge in [0.2, 0.25) is 0 Å². The fourth-order valence-electron chi connectivity index (χ4n) is 1.63. The quantitative estimate of drug-likeness (QED) is 0.843. The number of pyridine rings is 1. The summed E-state index contributed by atoms with van der Waals surface area (Å²) >= 11 is 8.02. The molecule has 1 fully saturated rings. The average molecular weight is 229 g/mol. The molecule has 1 aliphatic rings.